The lowest BCUT2D eigenvalue weighted by Gasteiger charge is -2.35. The Morgan fingerprint density at radius 1 is 0.277 bits per heavy atom. The number of anilines is 3. The van der Waals surface area contributed by atoms with Crippen molar-refractivity contribution in [3.8, 4) is 33.4 Å². The molecule has 0 aromatic heterocycles. The molecule has 2 aliphatic rings. The summed E-state index contributed by atoms with van der Waals surface area (Å²) in [6.07, 6.45) is 0. The van der Waals surface area contributed by atoms with Crippen LogP contribution in [-0.2, 0) is 10.8 Å². The molecule has 0 spiro atoms. The maximum atomic E-state index is 2.54. The first-order chi connectivity index (χ1) is 32.1. The standard InChI is InChI=1S/C64H47N/c1-44-22-15-16-31-52(44)53-40-38-50(42-45(53)2)65(51-39-41-55-54-32-17-19-34-57(54)64(60(55)43-51,48-27-11-5-12-28-48)49-29-13-6-14-30-49)61-37-21-36-59-62(61)56-33-18-20-35-58(56)63(59,46-23-7-3-8-24-46)47-25-9-4-10-26-47/h3-43H,1-2H3. The molecule has 1 nitrogen and oxygen atoms in total. The molecule has 0 unspecified atom stereocenters. The van der Waals surface area contributed by atoms with E-state index < -0.39 is 10.8 Å². The van der Waals surface area contributed by atoms with E-state index in [1.54, 1.807) is 0 Å². The van der Waals surface area contributed by atoms with E-state index in [0.717, 1.165) is 17.1 Å². The number of rotatable bonds is 8. The molecule has 0 radical (unpaired) electrons. The quantitative estimate of drug-likeness (QED) is 0.147. The summed E-state index contributed by atoms with van der Waals surface area (Å²) in [5, 5.41) is 0. The minimum atomic E-state index is -0.540. The van der Waals surface area contributed by atoms with Crippen LogP contribution in [0.15, 0.2) is 249 Å². The fraction of sp³-hybridized carbons (Fsp3) is 0.0625. The van der Waals surface area contributed by atoms with E-state index in [9.17, 15) is 0 Å². The summed E-state index contributed by atoms with van der Waals surface area (Å²) in [5.74, 6) is 0. The molecule has 12 rings (SSSR count). The number of aryl methyl sites for hydroxylation is 2. The Kier molecular flexibility index (Phi) is 9.14. The topological polar surface area (TPSA) is 3.24 Å². The van der Waals surface area contributed by atoms with Crippen molar-refractivity contribution in [1.29, 1.82) is 0 Å². The number of nitrogens with zero attached hydrogens (tertiary/aromatic N) is 1. The lowest BCUT2D eigenvalue weighted by Crippen LogP contribution is -2.29. The number of fused-ring (bicyclic) bond motifs is 6. The highest BCUT2D eigenvalue weighted by Gasteiger charge is 2.49. The summed E-state index contributed by atoms with van der Waals surface area (Å²) in [6.45, 7) is 4.47. The summed E-state index contributed by atoms with van der Waals surface area (Å²) >= 11 is 0. The van der Waals surface area contributed by atoms with Crippen LogP contribution in [0.1, 0.15) is 55.6 Å². The average molecular weight is 830 g/mol. The van der Waals surface area contributed by atoms with Crippen LogP contribution >= 0.6 is 0 Å². The predicted molar refractivity (Wildman–Crippen MR) is 271 cm³/mol. The molecule has 0 aliphatic heterocycles. The first kappa shape index (κ1) is 38.7. The van der Waals surface area contributed by atoms with Crippen LogP contribution in [0.25, 0.3) is 33.4 Å². The Bertz CT molecular complexity index is 3310. The number of hydrogen-bond donors (Lipinski definition) is 0. The molecule has 0 N–H and O–H groups in total. The Hall–Kier alpha value is -8.00. The highest BCUT2D eigenvalue weighted by molar-refractivity contribution is 5.98. The second kappa shape index (κ2) is 15.4. The lowest BCUT2D eigenvalue weighted by molar-refractivity contribution is 0.768. The molecule has 0 bridgehead atoms. The molecule has 0 saturated carbocycles. The fourth-order valence-electron chi connectivity index (χ4n) is 11.6. The van der Waals surface area contributed by atoms with Gasteiger partial charge >= 0.3 is 0 Å². The SMILES string of the molecule is Cc1ccccc1-c1ccc(N(c2ccc3c(c2)C(c2ccccc2)(c2ccccc2)c2ccccc2-3)c2cccc3c2-c2ccccc2C3(c2ccccc2)c2ccccc2)cc1C. The molecule has 10 aromatic rings. The first-order valence-electron chi connectivity index (χ1n) is 22.8. The van der Waals surface area contributed by atoms with Gasteiger partial charge in [0.2, 0.25) is 0 Å². The van der Waals surface area contributed by atoms with Crippen LogP contribution in [0, 0.1) is 13.8 Å². The maximum absolute atomic E-state index is 2.54. The van der Waals surface area contributed by atoms with E-state index in [2.05, 4.69) is 267 Å². The van der Waals surface area contributed by atoms with Gasteiger partial charge in [0.1, 0.15) is 0 Å². The first-order valence-corrected chi connectivity index (χ1v) is 22.8. The molecule has 0 saturated heterocycles. The van der Waals surface area contributed by atoms with Gasteiger partial charge in [-0.1, -0.05) is 218 Å². The largest absolute Gasteiger partial charge is 0.310 e. The molecule has 0 fully saturated rings. The highest BCUT2D eigenvalue weighted by atomic mass is 15.1. The van der Waals surface area contributed by atoms with Crippen molar-refractivity contribution in [2.45, 2.75) is 24.7 Å². The molecule has 0 atom stereocenters. The molecule has 0 amide bonds. The molecule has 1 heteroatoms. The average Bonchev–Trinajstić information content (AvgIpc) is 3.84. The molecule has 10 aromatic carbocycles. The van der Waals surface area contributed by atoms with E-state index >= 15 is 0 Å². The molecule has 2 aliphatic carbocycles. The van der Waals surface area contributed by atoms with Crippen LogP contribution in [0.5, 0.6) is 0 Å². The van der Waals surface area contributed by atoms with Crippen LogP contribution in [0.4, 0.5) is 17.1 Å². The number of hydrogen-bond acceptors (Lipinski definition) is 1. The van der Waals surface area contributed by atoms with E-state index in [-0.39, 0.29) is 0 Å². The van der Waals surface area contributed by atoms with Crippen molar-refractivity contribution in [1.82, 2.24) is 0 Å². The van der Waals surface area contributed by atoms with E-state index in [0.29, 0.717) is 0 Å². The Morgan fingerprint density at radius 2 is 0.677 bits per heavy atom. The van der Waals surface area contributed by atoms with Gasteiger partial charge in [-0.05, 0) is 128 Å². The molecular weight excluding hydrogens is 783 g/mol. The second-order valence-corrected chi connectivity index (χ2v) is 17.6. The summed E-state index contributed by atoms with van der Waals surface area (Å²) < 4.78 is 0. The normalized spacial score (nSPS) is 13.6. The van der Waals surface area contributed by atoms with E-state index in [1.807, 2.05) is 0 Å². The van der Waals surface area contributed by atoms with Gasteiger partial charge in [0.05, 0.1) is 16.5 Å². The van der Waals surface area contributed by atoms with E-state index in [4.69, 9.17) is 0 Å². The molecule has 308 valence electrons. The van der Waals surface area contributed by atoms with Crippen LogP contribution in [0.2, 0.25) is 0 Å². The summed E-state index contributed by atoms with van der Waals surface area (Å²) in [7, 11) is 0. The summed E-state index contributed by atoms with van der Waals surface area (Å²) in [6, 6.07) is 92.6. The number of benzene rings is 10. The minimum absolute atomic E-state index is 0.532. The van der Waals surface area contributed by atoms with Gasteiger partial charge < -0.3 is 4.90 Å². The smallest absolute Gasteiger partial charge is 0.0714 e. The van der Waals surface area contributed by atoms with E-state index in [1.165, 1.54) is 89.0 Å². The monoisotopic (exact) mass is 829 g/mol. The van der Waals surface area contributed by atoms with Gasteiger partial charge in [-0.3, -0.25) is 0 Å². The van der Waals surface area contributed by atoms with Gasteiger partial charge in [-0.15, -0.1) is 0 Å². The zero-order valence-corrected chi connectivity index (χ0v) is 36.6. The predicted octanol–water partition coefficient (Wildman–Crippen LogP) is 16.2. The van der Waals surface area contributed by atoms with Gasteiger partial charge in [0.15, 0.2) is 0 Å². The Balaban J connectivity index is 1.17. The van der Waals surface area contributed by atoms with Crippen LogP contribution in [0.3, 0.4) is 0 Å². The maximum Gasteiger partial charge on any atom is 0.0714 e. The highest BCUT2D eigenvalue weighted by Crippen LogP contribution is 2.61. The Morgan fingerprint density at radius 3 is 1.23 bits per heavy atom. The molecule has 0 heterocycles. The molecule has 65 heavy (non-hydrogen) atoms. The molecular formula is C64H47N. The lowest BCUT2D eigenvalue weighted by atomic mass is 9.67. The third kappa shape index (κ3) is 5.72. The zero-order chi connectivity index (χ0) is 43.5. The minimum Gasteiger partial charge on any atom is -0.310 e. The van der Waals surface area contributed by atoms with Crippen molar-refractivity contribution in [3.05, 3.63) is 304 Å². The third-order valence-corrected chi connectivity index (χ3v) is 14.3. The van der Waals surface area contributed by atoms with Crippen molar-refractivity contribution < 1.29 is 0 Å². The zero-order valence-electron chi connectivity index (χ0n) is 36.6. The van der Waals surface area contributed by atoms with Gasteiger partial charge in [-0.25, -0.2) is 0 Å². The van der Waals surface area contributed by atoms with Crippen LogP contribution < -0.4 is 4.90 Å². The summed E-state index contributed by atoms with van der Waals surface area (Å²) in [5.41, 5.74) is 22.5. The van der Waals surface area contributed by atoms with Crippen LogP contribution in [-0.4, -0.2) is 0 Å². The summed E-state index contributed by atoms with van der Waals surface area (Å²) in [4.78, 5) is 2.54. The Labute approximate surface area is 382 Å². The van der Waals surface area contributed by atoms with Gasteiger partial charge in [-0.2, -0.15) is 0 Å². The second-order valence-electron chi connectivity index (χ2n) is 17.6. The van der Waals surface area contributed by atoms with Gasteiger partial charge in [0.25, 0.3) is 0 Å². The van der Waals surface area contributed by atoms with Crippen molar-refractivity contribution >= 4 is 17.1 Å². The van der Waals surface area contributed by atoms with Crippen molar-refractivity contribution in [3.63, 3.8) is 0 Å². The fourth-order valence-corrected chi connectivity index (χ4v) is 11.6. The van der Waals surface area contributed by atoms with Crippen molar-refractivity contribution in [2.75, 3.05) is 4.90 Å². The van der Waals surface area contributed by atoms with Gasteiger partial charge in [0, 0.05) is 16.9 Å². The third-order valence-electron chi connectivity index (χ3n) is 14.3. The van der Waals surface area contributed by atoms with Crippen molar-refractivity contribution in [2.24, 2.45) is 0 Å².